The summed E-state index contributed by atoms with van der Waals surface area (Å²) < 4.78 is 0. The van der Waals surface area contributed by atoms with Crippen LogP contribution in [0.1, 0.15) is 69.2 Å². The molecule has 0 aliphatic heterocycles. The van der Waals surface area contributed by atoms with E-state index in [-0.39, 0.29) is 5.41 Å². The van der Waals surface area contributed by atoms with Crippen LogP contribution in [0.2, 0.25) is 0 Å². The smallest absolute Gasteiger partial charge is 0.0448 e. The minimum atomic E-state index is -0.114. The SMILES string of the molecule is CC.CCC1=CC=C(C(CC)(c2ccc(C)cc2)c2ccc(C)cc2)C=CC1. The van der Waals surface area contributed by atoms with Gasteiger partial charge in [-0.2, -0.15) is 0 Å². The zero-order valence-electron chi connectivity index (χ0n) is 18.5. The third-order valence-electron chi connectivity index (χ3n) is 5.74. The molecule has 0 fully saturated rings. The maximum Gasteiger partial charge on any atom is 0.0448 e. The van der Waals surface area contributed by atoms with Crippen molar-refractivity contribution in [3.63, 3.8) is 0 Å². The van der Waals surface area contributed by atoms with Crippen LogP contribution in [0, 0.1) is 13.8 Å². The zero-order chi connectivity index (χ0) is 20.6. The van der Waals surface area contributed by atoms with E-state index in [1.807, 2.05) is 13.8 Å². The molecule has 0 atom stereocenters. The molecule has 0 spiro atoms. The van der Waals surface area contributed by atoms with Gasteiger partial charge in [-0.15, -0.1) is 0 Å². The van der Waals surface area contributed by atoms with Gasteiger partial charge in [-0.05, 0) is 49.8 Å². The Kier molecular flexibility index (Phi) is 8.05. The van der Waals surface area contributed by atoms with E-state index >= 15 is 0 Å². The Balaban J connectivity index is 0.00000136. The van der Waals surface area contributed by atoms with Gasteiger partial charge in [-0.3, -0.25) is 0 Å². The Morgan fingerprint density at radius 3 is 1.68 bits per heavy atom. The van der Waals surface area contributed by atoms with Crippen LogP contribution in [0.4, 0.5) is 0 Å². The fraction of sp³-hybridized carbons (Fsp3) is 0.357. The molecule has 0 saturated heterocycles. The summed E-state index contributed by atoms with van der Waals surface area (Å²) in [7, 11) is 0. The molecule has 0 bridgehead atoms. The molecule has 0 aromatic heterocycles. The number of allylic oxidation sites excluding steroid dienone is 6. The summed E-state index contributed by atoms with van der Waals surface area (Å²) in [4.78, 5) is 0. The van der Waals surface area contributed by atoms with E-state index < -0.39 is 0 Å². The Morgan fingerprint density at radius 1 is 0.750 bits per heavy atom. The Labute approximate surface area is 172 Å². The van der Waals surface area contributed by atoms with Crippen molar-refractivity contribution in [3.8, 4) is 0 Å². The summed E-state index contributed by atoms with van der Waals surface area (Å²) in [5, 5.41) is 0. The minimum Gasteiger partial charge on any atom is -0.0801 e. The molecule has 0 unspecified atom stereocenters. The number of aryl methyl sites for hydroxylation is 2. The quantitative estimate of drug-likeness (QED) is 0.495. The van der Waals surface area contributed by atoms with Crippen molar-refractivity contribution in [2.24, 2.45) is 0 Å². The van der Waals surface area contributed by atoms with E-state index in [0.29, 0.717) is 0 Å². The highest BCUT2D eigenvalue weighted by Crippen LogP contribution is 2.43. The van der Waals surface area contributed by atoms with E-state index in [4.69, 9.17) is 0 Å². The highest BCUT2D eigenvalue weighted by atomic mass is 14.4. The lowest BCUT2D eigenvalue weighted by Crippen LogP contribution is -2.29. The van der Waals surface area contributed by atoms with Crippen LogP contribution in [-0.4, -0.2) is 0 Å². The molecule has 0 amide bonds. The normalized spacial score (nSPS) is 13.8. The standard InChI is InChI=1S/C26H30.C2H6/c1-5-22-8-7-9-23(19-14-22)26(6-2,24-15-10-20(3)11-16-24)25-17-12-21(4)13-18-25;1-2/h7,9-19H,5-6,8H2,1-4H3;1-2H3. The lowest BCUT2D eigenvalue weighted by atomic mass is 9.67. The first kappa shape index (κ1) is 22.0. The van der Waals surface area contributed by atoms with Gasteiger partial charge in [0.2, 0.25) is 0 Å². The summed E-state index contributed by atoms with van der Waals surface area (Å²) in [6.07, 6.45) is 12.6. The van der Waals surface area contributed by atoms with Gasteiger partial charge in [0.25, 0.3) is 0 Å². The molecule has 0 heteroatoms. The predicted octanol–water partition coefficient (Wildman–Crippen LogP) is 8.25. The van der Waals surface area contributed by atoms with Crippen LogP contribution in [0.15, 0.2) is 84.0 Å². The van der Waals surface area contributed by atoms with Crippen molar-refractivity contribution in [3.05, 3.63) is 106 Å². The molecule has 0 heterocycles. The van der Waals surface area contributed by atoms with Gasteiger partial charge in [-0.25, -0.2) is 0 Å². The van der Waals surface area contributed by atoms with Crippen molar-refractivity contribution in [2.75, 3.05) is 0 Å². The Hall–Kier alpha value is -2.34. The topological polar surface area (TPSA) is 0 Å². The van der Waals surface area contributed by atoms with E-state index in [1.54, 1.807) is 0 Å². The van der Waals surface area contributed by atoms with Crippen LogP contribution in [0.25, 0.3) is 0 Å². The van der Waals surface area contributed by atoms with Crippen LogP contribution in [-0.2, 0) is 5.41 Å². The lowest BCUT2D eigenvalue weighted by Gasteiger charge is -2.36. The molecule has 0 N–H and O–H groups in total. The molecule has 0 radical (unpaired) electrons. The highest BCUT2D eigenvalue weighted by molar-refractivity contribution is 5.54. The van der Waals surface area contributed by atoms with Gasteiger partial charge >= 0.3 is 0 Å². The Bertz CT molecular complexity index is 781. The van der Waals surface area contributed by atoms with Crippen molar-refractivity contribution < 1.29 is 0 Å². The molecular formula is C28H36. The molecule has 0 nitrogen and oxygen atoms in total. The van der Waals surface area contributed by atoms with E-state index in [9.17, 15) is 0 Å². The largest absolute Gasteiger partial charge is 0.0801 e. The number of rotatable bonds is 5. The molecule has 2 aromatic rings. The predicted molar refractivity (Wildman–Crippen MR) is 125 cm³/mol. The number of hydrogen-bond acceptors (Lipinski definition) is 0. The molecule has 1 aliphatic rings. The third-order valence-corrected chi connectivity index (χ3v) is 5.74. The first-order valence-corrected chi connectivity index (χ1v) is 10.8. The summed E-state index contributed by atoms with van der Waals surface area (Å²) in [6, 6.07) is 18.2. The van der Waals surface area contributed by atoms with Crippen LogP contribution in [0.3, 0.4) is 0 Å². The molecule has 3 rings (SSSR count). The highest BCUT2D eigenvalue weighted by Gasteiger charge is 2.35. The maximum absolute atomic E-state index is 2.35. The summed E-state index contributed by atoms with van der Waals surface area (Å²) in [6.45, 7) is 12.9. The van der Waals surface area contributed by atoms with Crippen molar-refractivity contribution in [1.29, 1.82) is 0 Å². The van der Waals surface area contributed by atoms with E-state index in [0.717, 1.165) is 19.3 Å². The third kappa shape index (κ3) is 4.55. The van der Waals surface area contributed by atoms with E-state index in [2.05, 4.69) is 101 Å². The summed E-state index contributed by atoms with van der Waals surface area (Å²) in [5.41, 5.74) is 8.13. The van der Waals surface area contributed by atoms with Crippen molar-refractivity contribution >= 4 is 0 Å². The Morgan fingerprint density at radius 2 is 1.25 bits per heavy atom. The van der Waals surface area contributed by atoms with Crippen LogP contribution >= 0.6 is 0 Å². The molecule has 148 valence electrons. The van der Waals surface area contributed by atoms with Gasteiger partial charge in [0.1, 0.15) is 0 Å². The fourth-order valence-corrected chi connectivity index (χ4v) is 4.00. The molecule has 28 heavy (non-hydrogen) atoms. The summed E-state index contributed by atoms with van der Waals surface area (Å²) in [5.74, 6) is 0. The van der Waals surface area contributed by atoms with E-state index in [1.165, 1.54) is 33.4 Å². The average molecular weight is 373 g/mol. The van der Waals surface area contributed by atoms with Crippen LogP contribution in [0.5, 0.6) is 0 Å². The summed E-state index contributed by atoms with van der Waals surface area (Å²) >= 11 is 0. The second kappa shape index (κ2) is 10.3. The second-order valence-corrected chi connectivity index (χ2v) is 7.40. The molecule has 0 saturated carbocycles. The van der Waals surface area contributed by atoms with Crippen LogP contribution < -0.4 is 0 Å². The zero-order valence-corrected chi connectivity index (χ0v) is 18.5. The lowest BCUT2D eigenvalue weighted by molar-refractivity contribution is 0.592. The number of benzene rings is 2. The fourth-order valence-electron chi connectivity index (χ4n) is 4.00. The molecule has 2 aromatic carbocycles. The maximum atomic E-state index is 2.35. The van der Waals surface area contributed by atoms with Gasteiger partial charge in [0.05, 0.1) is 0 Å². The van der Waals surface area contributed by atoms with Gasteiger partial charge in [0, 0.05) is 5.41 Å². The van der Waals surface area contributed by atoms with Gasteiger partial charge in [0.15, 0.2) is 0 Å². The van der Waals surface area contributed by atoms with Crippen molar-refractivity contribution in [2.45, 2.75) is 66.2 Å². The molecule has 1 aliphatic carbocycles. The first-order valence-electron chi connectivity index (χ1n) is 10.8. The second-order valence-electron chi connectivity index (χ2n) is 7.40. The monoisotopic (exact) mass is 372 g/mol. The minimum absolute atomic E-state index is 0.114. The average Bonchev–Trinajstić information content (AvgIpc) is 2.99. The first-order chi connectivity index (χ1) is 13.6. The molecular weight excluding hydrogens is 336 g/mol. The van der Waals surface area contributed by atoms with Crippen molar-refractivity contribution in [1.82, 2.24) is 0 Å². The van der Waals surface area contributed by atoms with Gasteiger partial charge in [-0.1, -0.05) is 117 Å². The number of hydrogen-bond donors (Lipinski definition) is 0. The van der Waals surface area contributed by atoms with Gasteiger partial charge < -0.3 is 0 Å².